The molecule has 0 aliphatic carbocycles. The maximum atomic E-state index is 12.3. The van der Waals surface area contributed by atoms with Crippen LogP contribution < -0.4 is 10.1 Å². The zero-order valence-electron chi connectivity index (χ0n) is 19.5. The molecule has 2 aromatic carbocycles. The molecule has 32 heavy (non-hydrogen) atoms. The number of rotatable bonds is 10. The predicted molar refractivity (Wildman–Crippen MR) is 130 cm³/mol. The first-order valence-electron chi connectivity index (χ1n) is 10.9. The second-order valence-electron chi connectivity index (χ2n) is 8.42. The van der Waals surface area contributed by atoms with Crippen molar-refractivity contribution in [1.29, 1.82) is 0 Å². The highest BCUT2D eigenvalue weighted by Gasteiger charge is 2.17. The normalized spacial score (nSPS) is 11.1. The molecular formula is C25H32N4O2S. The van der Waals surface area contributed by atoms with Crippen LogP contribution in [0.3, 0.4) is 0 Å². The summed E-state index contributed by atoms with van der Waals surface area (Å²) in [6.07, 6.45) is 0.884. The molecule has 0 aliphatic heterocycles. The molecule has 0 aliphatic rings. The minimum Gasteiger partial charge on any atom is -0.497 e. The monoisotopic (exact) mass is 452 g/mol. The highest BCUT2D eigenvalue weighted by atomic mass is 32.2. The van der Waals surface area contributed by atoms with E-state index in [0.717, 1.165) is 28.2 Å². The smallest absolute Gasteiger partial charge is 0.220 e. The summed E-state index contributed by atoms with van der Waals surface area (Å²) >= 11 is 1.64. The molecule has 0 saturated heterocycles. The number of amides is 1. The summed E-state index contributed by atoms with van der Waals surface area (Å²) in [6.45, 7) is 9.07. The number of nitrogens with one attached hydrogen (secondary N) is 1. The Morgan fingerprint density at radius 3 is 2.56 bits per heavy atom. The van der Waals surface area contributed by atoms with Crippen molar-refractivity contribution in [1.82, 2.24) is 20.1 Å². The highest BCUT2D eigenvalue weighted by molar-refractivity contribution is 7.98. The van der Waals surface area contributed by atoms with Crippen LogP contribution >= 0.6 is 11.8 Å². The average Bonchev–Trinajstić information content (AvgIpc) is 3.17. The Kier molecular flexibility index (Phi) is 8.33. The van der Waals surface area contributed by atoms with Crippen LogP contribution in [0, 0.1) is 19.8 Å². The number of nitrogens with zero attached hydrogens (tertiary/aromatic N) is 3. The lowest BCUT2D eigenvalue weighted by atomic mass is 10.1. The SMILES string of the molecule is COc1cccc(-n2c(CCC(=O)NCC(C)C)nnc2SCc2cc(C)cc(C)c2)c1. The molecule has 0 unspecified atom stereocenters. The number of aryl methyl sites for hydroxylation is 3. The molecular weight excluding hydrogens is 420 g/mol. The van der Waals surface area contributed by atoms with Crippen LogP contribution in [0.25, 0.3) is 5.69 Å². The van der Waals surface area contributed by atoms with Gasteiger partial charge in [0.25, 0.3) is 0 Å². The van der Waals surface area contributed by atoms with E-state index in [4.69, 9.17) is 4.74 Å². The number of carbonyl (C=O) groups is 1. The molecule has 1 aromatic heterocycles. The van der Waals surface area contributed by atoms with Crippen molar-refractivity contribution in [2.24, 2.45) is 5.92 Å². The first-order chi connectivity index (χ1) is 15.4. The lowest BCUT2D eigenvalue weighted by Crippen LogP contribution is -2.27. The number of carbonyl (C=O) groups excluding carboxylic acids is 1. The molecule has 1 amide bonds. The van der Waals surface area contributed by atoms with Gasteiger partial charge in [0.05, 0.1) is 12.8 Å². The number of ether oxygens (including phenoxy) is 1. The number of hydrogen-bond acceptors (Lipinski definition) is 5. The van der Waals surface area contributed by atoms with Gasteiger partial charge in [0.15, 0.2) is 5.16 Å². The molecule has 170 valence electrons. The maximum absolute atomic E-state index is 12.3. The zero-order valence-corrected chi connectivity index (χ0v) is 20.3. The van der Waals surface area contributed by atoms with E-state index in [9.17, 15) is 4.79 Å². The largest absolute Gasteiger partial charge is 0.497 e. The van der Waals surface area contributed by atoms with Crippen molar-refractivity contribution in [3.63, 3.8) is 0 Å². The number of hydrogen-bond donors (Lipinski definition) is 1. The molecule has 0 atom stereocenters. The van der Waals surface area contributed by atoms with Crippen LogP contribution in [0.15, 0.2) is 47.6 Å². The fourth-order valence-electron chi connectivity index (χ4n) is 3.50. The van der Waals surface area contributed by atoms with Crippen LogP contribution in [-0.4, -0.2) is 34.3 Å². The van der Waals surface area contributed by atoms with Gasteiger partial charge in [-0.2, -0.15) is 0 Å². The summed E-state index contributed by atoms with van der Waals surface area (Å²) < 4.78 is 7.45. The average molecular weight is 453 g/mol. The summed E-state index contributed by atoms with van der Waals surface area (Å²) in [5.74, 6) is 2.78. The van der Waals surface area contributed by atoms with Gasteiger partial charge in [-0.3, -0.25) is 9.36 Å². The van der Waals surface area contributed by atoms with Gasteiger partial charge in [0.2, 0.25) is 5.91 Å². The van der Waals surface area contributed by atoms with E-state index in [0.29, 0.717) is 25.3 Å². The van der Waals surface area contributed by atoms with Crippen molar-refractivity contribution in [3.8, 4) is 11.4 Å². The fraction of sp³-hybridized carbons (Fsp3) is 0.400. The fourth-order valence-corrected chi connectivity index (χ4v) is 4.40. The van der Waals surface area contributed by atoms with Gasteiger partial charge in [-0.1, -0.05) is 61.0 Å². The second-order valence-corrected chi connectivity index (χ2v) is 9.36. The Hall–Kier alpha value is -2.80. The van der Waals surface area contributed by atoms with Crippen LogP contribution in [0.2, 0.25) is 0 Å². The van der Waals surface area contributed by atoms with Gasteiger partial charge in [0.1, 0.15) is 11.6 Å². The van der Waals surface area contributed by atoms with Crippen LogP contribution in [-0.2, 0) is 17.0 Å². The first-order valence-corrected chi connectivity index (χ1v) is 11.9. The van der Waals surface area contributed by atoms with Gasteiger partial charge in [-0.25, -0.2) is 0 Å². The van der Waals surface area contributed by atoms with Crippen LogP contribution in [0.4, 0.5) is 0 Å². The van der Waals surface area contributed by atoms with E-state index in [1.807, 2.05) is 28.8 Å². The van der Waals surface area contributed by atoms with Crippen molar-refractivity contribution in [2.75, 3.05) is 13.7 Å². The Bertz CT molecular complexity index is 1040. The third-order valence-corrected chi connectivity index (χ3v) is 5.94. The summed E-state index contributed by atoms with van der Waals surface area (Å²) in [4.78, 5) is 12.3. The molecule has 3 aromatic rings. The molecule has 6 nitrogen and oxygen atoms in total. The molecule has 1 heterocycles. The third-order valence-electron chi connectivity index (χ3n) is 4.94. The van der Waals surface area contributed by atoms with Gasteiger partial charge in [-0.15, -0.1) is 10.2 Å². The number of aromatic nitrogens is 3. The van der Waals surface area contributed by atoms with Gasteiger partial charge in [0, 0.05) is 31.2 Å². The van der Waals surface area contributed by atoms with Gasteiger partial charge < -0.3 is 10.1 Å². The van der Waals surface area contributed by atoms with Crippen molar-refractivity contribution < 1.29 is 9.53 Å². The standard InChI is InChI=1S/C25H32N4O2S/c1-17(2)15-26-24(30)10-9-23-27-28-25(29(23)21-7-6-8-22(14-21)31-5)32-16-20-12-18(3)11-19(4)13-20/h6-8,11-14,17H,9-10,15-16H2,1-5H3,(H,26,30). The molecule has 0 spiro atoms. The Balaban J connectivity index is 1.83. The van der Waals surface area contributed by atoms with Crippen molar-refractivity contribution in [2.45, 2.75) is 51.4 Å². The van der Waals surface area contributed by atoms with E-state index < -0.39 is 0 Å². The van der Waals surface area contributed by atoms with Crippen LogP contribution in [0.1, 0.15) is 42.8 Å². The van der Waals surface area contributed by atoms with Crippen LogP contribution in [0.5, 0.6) is 5.75 Å². The number of methoxy groups -OCH3 is 1. The number of thioether (sulfide) groups is 1. The summed E-state index contributed by atoms with van der Waals surface area (Å²) in [5, 5.41) is 12.7. The van der Waals surface area contributed by atoms with E-state index in [1.54, 1.807) is 18.9 Å². The van der Waals surface area contributed by atoms with Gasteiger partial charge >= 0.3 is 0 Å². The van der Waals surface area contributed by atoms with E-state index in [1.165, 1.54) is 16.7 Å². The Morgan fingerprint density at radius 2 is 1.88 bits per heavy atom. The summed E-state index contributed by atoms with van der Waals surface area (Å²) in [5.41, 5.74) is 4.68. The summed E-state index contributed by atoms with van der Waals surface area (Å²) in [6, 6.07) is 14.4. The predicted octanol–water partition coefficient (Wildman–Crippen LogP) is 4.89. The van der Waals surface area contributed by atoms with Crippen molar-refractivity contribution in [3.05, 3.63) is 65.0 Å². The van der Waals surface area contributed by atoms with E-state index >= 15 is 0 Å². The minimum atomic E-state index is 0.0309. The molecule has 0 fully saturated rings. The van der Waals surface area contributed by atoms with E-state index in [-0.39, 0.29) is 5.91 Å². The molecule has 7 heteroatoms. The Labute approximate surface area is 194 Å². The molecule has 0 saturated carbocycles. The number of benzene rings is 2. The minimum absolute atomic E-state index is 0.0309. The molecule has 0 bridgehead atoms. The third kappa shape index (κ3) is 6.60. The maximum Gasteiger partial charge on any atom is 0.220 e. The lowest BCUT2D eigenvalue weighted by Gasteiger charge is -2.12. The molecule has 0 radical (unpaired) electrons. The molecule has 3 rings (SSSR count). The zero-order chi connectivity index (χ0) is 23.1. The Morgan fingerprint density at radius 1 is 1.12 bits per heavy atom. The lowest BCUT2D eigenvalue weighted by molar-refractivity contribution is -0.121. The van der Waals surface area contributed by atoms with Gasteiger partial charge in [-0.05, 0) is 37.5 Å². The topological polar surface area (TPSA) is 69.0 Å². The van der Waals surface area contributed by atoms with Crippen molar-refractivity contribution >= 4 is 17.7 Å². The quantitative estimate of drug-likeness (QED) is 0.444. The van der Waals surface area contributed by atoms with E-state index in [2.05, 4.69) is 61.4 Å². The molecule has 1 N–H and O–H groups in total. The summed E-state index contributed by atoms with van der Waals surface area (Å²) in [7, 11) is 1.65. The highest BCUT2D eigenvalue weighted by Crippen LogP contribution is 2.28. The second kappa shape index (κ2) is 11.2. The first kappa shape index (κ1) is 23.9.